The number of fused-ring (bicyclic) bond motifs is 2. The van der Waals surface area contributed by atoms with Crippen molar-refractivity contribution < 1.29 is 4.79 Å². The number of rotatable bonds is 4. The molecule has 4 atom stereocenters. The number of nitrogens with two attached hydrogens (primary N) is 2. The van der Waals surface area contributed by atoms with Crippen LogP contribution < -0.4 is 11.5 Å². The van der Waals surface area contributed by atoms with Crippen molar-refractivity contribution in [3.05, 3.63) is 0 Å². The number of likely N-dealkylation sites (N-methyl/N-ethyl adjacent to an activating group) is 1. The van der Waals surface area contributed by atoms with Crippen molar-refractivity contribution in [2.24, 2.45) is 11.5 Å². The number of likely N-dealkylation sites (tertiary alicyclic amines) is 1. The van der Waals surface area contributed by atoms with Gasteiger partial charge < -0.3 is 11.5 Å². The highest BCUT2D eigenvalue weighted by Crippen LogP contribution is 2.30. The number of hydrogen-bond acceptors (Lipinski definition) is 4. The van der Waals surface area contributed by atoms with E-state index < -0.39 is 11.4 Å². The van der Waals surface area contributed by atoms with Gasteiger partial charge in [0, 0.05) is 24.7 Å². The van der Waals surface area contributed by atoms with Crippen LogP contribution in [0.15, 0.2) is 0 Å². The van der Waals surface area contributed by atoms with Crippen LogP contribution in [0.25, 0.3) is 0 Å². The Morgan fingerprint density at radius 1 is 1.37 bits per heavy atom. The fourth-order valence-electron chi connectivity index (χ4n) is 3.58. The third kappa shape index (κ3) is 3.09. The Labute approximate surface area is 116 Å². The Hall–Kier alpha value is -0.650. The summed E-state index contributed by atoms with van der Waals surface area (Å²) in [6, 6.07) is 1.70. The second kappa shape index (κ2) is 5.38. The van der Waals surface area contributed by atoms with Gasteiger partial charge in [0.05, 0.1) is 5.54 Å². The summed E-state index contributed by atoms with van der Waals surface area (Å²) >= 11 is 0. The van der Waals surface area contributed by atoms with Gasteiger partial charge in [-0.1, -0.05) is 0 Å². The molecule has 0 saturated carbocycles. The molecule has 4 N–H and O–H groups in total. The molecule has 0 spiro atoms. The fraction of sp³-hybridized carbons (Fsp3) is 0.929. The molecule has 2 rings (SSSR count). The van der Waals surface area contributed by atoms with Crippen molar-refractivity contribution in [3.8, 4) is 0 Å². The molecule has 5 nitrogen and oxygen atoms in total. The number of primary amides is 1. The Kier molecular flexibility index (Phi) is 4.18. The molecule has 2 saturated heterocycles. The van der Waals surface area contributed by atoms with Crippen LogP contribution in [-0.4, -0.2) is 59.5 Å². The van der Waals surface area contributed by atoms with E-state index in [1.165, 1.54) is 19.3 Å². The fourth-order valence-corrected chi connectivity index (χ4v) is 3.58. The molecule has 5 heteroatoms. The first-order chi connectivity index (χ1) is 8.81. The number of amides is 1. The topological polar surface area (TPSA) is 75.6 Å². The average molecular weight is 268 g/mol. The lowest BCUT2D eigenvalue weighted by Gasteiger charge is -2.34. The van der Waals surface area contributed by atoms with E-state index in [9.17, 15) is 4.79 Å². The van der Waals surface area contributed by atoms with Crippen molar-refractivity contribution in [2.75, 3.05) is 20.1 Å². The summed E-state index contributed by atoms with van der Waals surface area (Å²) < 4.78 is 0. The van der Waals surface area contributed by atoms with Gasteiger partial charge in [-0.25, -0.2) is 0 Å². The van der Waals surface area contributed by atoms with E-state index >= 15 is 0 Å². The highest BCUT2D eigenvalue weighted by molar-refractivity contribution is 5.83. The molecule has 110 valence electrons. The molecule has 2 fully saturated rings. The van der Waals surface area contributed by atoms with Gasteiger partial charge in [-0.3, -0.25) is 14.6 Å². The van der Waals surface area contributed by atoms with E-state index in [1.807, 2.05) is 0 Å². The molecule has 4 unspecified atom stereocenters. The second-order valence-electron chi connectivity index (χ2n) is 6.67. The highest BCUT2D eigenvalue weighted by Gasteiger charge is 2.37. The largest absolute Gasteiger partial charge is 0.368 e. The summed E-state index contributed by atoms with van der Waals surface area (Å²) in [5, 5.41) is 0. The molecule has 0 aliphatic carbocycles. The lowest BCUT2D eigenvalue weighted by atomic mass is 9.93. The van der Waals surface area contributed by atoms with E-state index in [0.717, 1.165) is 19.1 Å². The molecule has 1 amide bonds. The van der Waals surface area contributed by atoms with E-state index in [4.69, 9.17) is 11.5 Å². The van der Waals surface area contributed by atoms with Crippen LogP contribution in [0.4, 0.5) is 0 Å². The van der Waals surface area contributed by atoms with Gasteiger partial charge in [-0.05, 0) is 53.1 Å². The summed E-state index contributed by atoms with van der Waals surface area (Å²) in [5.74, 6) is -0.409. The monoisotopic (exact) mass is 268 g/mol. The quantitative estimate of drug-likeness (QED) is 0.760. The maximum absolute atomic E-state index is 11.4. The third-order valence-electron chi connectivity index (χ3n) is 5.09. The Morgan fingerprint density at radius 3 is 2.63 bits per heavy atom. The second-order valence-corrected chi connectivity index (χ2v) is 6.67. The summed E-state index contributed by atoms with van der Waals surface area (Å²) in [5.41, 5.74) is 10.5. The smallest absolute Gasteiger partial charge is 0.237 e. The first-order valence-electron chi connectivity index (χ1n) is 7.36. The van der Waals surface area contributed by atoms with Gasteiger partial charge in [-0.2, -0.15) is 0 Å². The van der Waals surface area contributed by atoms with Crippen molar-refractivity contribution in [2.45, 2.75) is 63.2 Å². The van der Waals surface area contributed by atoms with Gasteiger partial charge in [0.2, 0.25) is 5.91 Å². The minimum atomic E-state index is -0.906. The van der Waals surface area contributed by atoms with Gasteiger partial charge in [0.25, 0.3) is 0 Å². The van der Waals surface area contributed by atoms with Crippen LogP contribution in [-0.2, 0) is 4.79 Å². The van der Waals surface area contributed by atoms with Crippen molar-refractivity contribution >= 4 is 5.91 Å². The van der Waals surface area contributed by atoms with Crippen LogP contribution in [0, 0.1) is 0 Å². The molecule has 0 radical (unpaired) electrons. The first kappa shape index (κ1) is 14.8. The molecule has 2 bridgehead atoms. The van der Waals surface area contributed by atoms with Crippen molar-refractivity contribution in [1.29, 1.82) is 0 Å². The Balaban J connectivity index is 1.97. The maximum Gasteiger partial charge on any atom is 0.237 e. The van der Waals surface area contributed by atoms with Gasteiger partial charge in [-0.15, -0.1) is 0 Å². The van der Waals surface area contributed by atoms with E-state index in [2.05, 4.69) is 23.8 Å². The predicted octanol–water partition coefficient (Wildman–Crippen LogP) is 0.136. The molecule has 2 aliphatic rings. The molecule has 2 aliphatic heterocycles. The molecule has 2 heterocycles. The summed E-state index contributed by atoms with van der Waals surface area (Å²) in [6.45, 7) is 6.08. The van der Waals surface area contributed by atoms with Crippen LogP contribution in [0.1, 0.15) is 39.5 Å². The lowest BCUT2D eigenvalue weighted by Crippen LogP contribution is -2.54. The number of nitrogens with zero attached hydrogens (tertiary/aromatic N) is 2. The first-order valence-corrected chi connectivity index (χ1v) is 7.36. The van der Waals surface area contributed by atoms with E-state index in [0.29, 0.717) is 18.5 Å². The van der Waals surface area contributed by atoms with Gasteiger partial charge in [0.15, 0.2) is 0 Å². The van der Waals surface area contributed by atoms with Gasteiger partial charge >= 0.3 is 0 Å². The summed E-state index contributed by atoms with van der Waals surface area (Å²) in [4.78, 5) is 16.4. The summed E-state index contributed by atoms with van der Waals surface area (Å²) in [7, 11) is 2.24. The normalized spacial score (nSPS) is 33.7. The van der Waals surface area contributed by atoms with Crippen LogP contribution >= 0.6 is 0 Å². The van der Waals surface area contributed by atoms with Gasteiger partial charge in [0.1, 0.15) is 0 Å². The molecule has 0 aromatic rings. The minimum Gasteiger partial charge on any atom is -0.368 e. The lowest BCUT2D eigenvalue weighted by molar-refractivity contribution is -0.123. The van der Waals surface area contributed by atoms with Crippen molar-refractivity contribution in [3.63, 3.8) is 0 Å². The third-order valence-corrected chi connectivity index (χ3v) is 5.09. The molecule has 0 aromatic carbocycles. The molecular formula is C14H28N4O. The van der Waals surface area contributed by atoms with Crippen molar-refractivity contribution in [1.82, 2.24) is 9.80 Å². The van der Waals surface area contributed by atoms with E-state index in [-0.39, 0.29) is 0 Å². The SMILES string of the molecule is CC(CC(C)(N)C(N)=O)N1CCC2CCC(C1)N2C. The minimum absolute atomic E-state index is 0.301. The zero-order valence-corrected chi connectivity index (χ0v) is 12.4. The van der Waals surface area contributed by atoms with Crippen LogP contribution in [0.5, 0.6) is 0 Å². The van der Waals surface area contributed by atoms with Crippen LogP contribution in [0.3, 0.4) is 0 Å². The number of carbonyl (C=O) groups is 1. The maximum atomic E-state index is 11.4. The average Bonchev–Trinajstić information content (AvgIpc) is 2.51. The molecule has 0 aromatic heterocycles. The number of hydrogen-bond donors (Lipinski definition) is 2. The predicted molar refractivity (Wildman–Crippen MR) is 76.6 cm³/mol. The zero-order chi connectivity index (χ0) is 14.2. The zero-order valence-electron chi connectivity index (χ0n) is 12.4. The molecule has 19 heavy (non-hydrogen) atoms. The number of carbonyl (C=O) groups excluding carboxylic acids is 1. The van der Waals surface area contributed by atoms with E-state index in [1.54, 1.807) is 6.92 Å². The highest BCUT2D eigenvalue weighted by atomic mass is 16.1. The standard InChI is InChI=1S/C14H28N4O/c1-10(8-14(2,16)13(15)19)18-7-6-11-4-5-12(9-18)17(11)3/h10-12H,4-9,16H2,1-3H3,(H2,15,19). The Bertz CT molecular complexity index is 344. The summed E-state index contributed by atoms with van der Waals surface area (Å²) in [6.07, 6.45) is 4.47. The Morgan fingerprint density at radius 2 is 2.00 bits per heavy atom. The molecular weight excluding hydrogens is 240 g/mol. The van der Waals surface area contributed by atoms with Crippen LogP contribution in [0.2, 0.25) is 0 Å².